The van der Waals surface area contributed by atoms with Crippen LogP contribution in [0.2, 0.25) is 0 Å². The third-order valence-corrected chi connectivity index (χ3v) is 7.57. The molecule has 0 radical (unpaired) electrons. The zero-order valence-corrected chi connectivity index (χ0v) is 18.2. The van der Waals surface area contributed by atoms with Gasteiger partial charge in [-0.15, -0.1) is 11.8 Å². The molecule has 0 N–H and O–H groups in total. The van der Waals surface area contributed by atoms with E-state index in [0.717, 1.165) is 45.0 Å². The molecule has 4 nitrogen and oxygen atoms in total. The van der Waals surface area contributed by atoms with Crippen molar-refractivity contribution in [2.24, 2.45) is 5.92 Å². The molecular formula is C25H28N2O2S. The van der Waals surface area contributed by atoms with Crippen molar-refractivity contribution in [2.45, 2.75) is 29.9 Å². The van der Waals surface area contributed by atoms with Crippen LogP contribution in [0.1, 0.15) is 30.6 Å². The van der Waals surface area contributed by atoms with E-state index in [0.29, 0.717) is 18.1 Å². The largest absolute Gasteiger partial charge is 0.379 e. The van der Waals surface area contributed by atoms with Gasteiger partial charge in [0.25, 0.3) is 0 Å². The molecule has 5 heteroatoms. The van der Waals surface area contributed by atoms with Crippen LogP contribution in [0.4, 0.5) is 5.69 Å². The van der Waals surface area contributed by atoms with E-state index in [1.807, 2.05) is 17.8 Å². The predicted octanol–water partition coefficient (Wildman–Crippen LogP) is 4.88. The average molecular weight is 421 g/mol. The van der Waals surface area contributed by atoms with Gasteiger partial charge in [0, 0.05) is 35.7 Å². The molecule has 1 saturated heterocycles. The lowest BCUT2D eigenvalue weighted by molar-refractivity contribution is -0.117. The number of ether oxygens (including phenoxy) is 1. The van der Waals surface area contributed by atoms with Crippen LogP contribution in [0, 0.1) is 5.92 Å². The normalized spacial score (nSPS) is 25.0. The number of hydrogen-bond donors (Lipinski definition) is 0. The van der Waals surface area contributed by atoms with Crippen LogP contribution in [-0.2, 0) is 9.53 Å². The quantitative estimate of drug-likeness (QED) is 0.707. The lowest BCUT2D eigenvalue weighted by Gasteiger charge is -2.38. The second-order valence-electron chi connectivity index (χ2n) is 8.47. The number of benzene rings is 2. The molecule has 156 valence electrons. The Kier molecular flexibility index (Phi) is 5.68. The number of Topliss-reactive ketones (excluding diaryl/α,β-unsaturated/α-hetero) is 1. The minimum atomic E-state index is 0.0389. The van der Waals surface area contributed by atoms with Gasteiger partial charge in [0.2, 0.25) is 0 Å². The van der Waals surface area contributed by atoms with Crippen molar-refractivity contribution in [2.75, 3.05) is 37.9 Å². The highest BCUT2D eigenvalue weighted by Crippen LogP contribution is 2.52. The van der Waals surface area contributed by atoms with Crippen LogP contribution in [0.3, 0.4) is 0 Å². The van der Waals surface area contributed by atoms with Crippen molar-refractivity contribution >= 4 is 23.2 Å². The Bertz CT molecular complexity index is 953. The zero-order valence-electron chi connectivity index (χ0n) is 17.4. The van der Waals surface area contributed by atoms with Crippen molar-refractivity contribution in [1.29, 1.82) is 0 Å². The Hall–Kier alpha value is -2.08. The number of thioether (sulfide) groups is 1. The lowest BCUT2D eigenvalue weighted by Crippen LogP contribution is -2.45. The Morgan fingerprint density at radius 2 is 1.73 bits per heavy atom. The summed E-state index contributed by atoms with van der Waals surface area (Å²) in [7, 11) is 0. The molecule has 5 rings (SSSR count). The third-order valence-electron chi connectivity index (χ3n) is 6.22. The molecule has 0 spiro atoms. The number of anilines is 1. The fourth-order valence-electron chi connectivity index (χ4n) is 4.73. The minimum absolute atomic E-state index is 0.0389. The summed E-state index contributed by atoms with van der Waals surface area (Å²) in [5.41, 5.74) is 4.66. The SMILES string of the molecule is C[C@H]1CC(=O)C2=C(C1)N(CN1CCOCC1)c1ccccc1S[C@H]2c1ccccc1. The molecule has 2 atom stereocenters. The van der Waals surface area contributed by atoms with Gasteiger partial charge in [0.1, 0.15) is 0 Å². The molecule has 0 unspecified atom stereocenters. The summed E-state index contributed by atoms with van der Waals surface area (Å²) in [6, 6.07) is 19.2. The van der Waals surface area contributed by atoms with Crippen LogP contribution in [-0.4, -0.2) is 43.7 Å². The van der Waals surface area contributed by atoms with Crippen molar-refractivity contribution in [3.05, 3.63) is 71.4 Å². The smallest absolute Gasteiger partial charge is 0.162 e. The van der Waals surface area contributed by atoms with E-state index in [4.69, 9.17) is 4.74 Å². The maximum Gasteiger partial charge on any atom is 0.162 e. The Morgan fingerprint density at radius 1 is 1.00 bits per heavy atom. The number of hydrogen-bond acceptors (Lipinski definition) is 5. The van der Waals surface area contributed by atoms with Gasteiger partial charge in [-0.25, -0.2) is 0 Å². The average Bonchev–Trinajstić information content (AvgIpc) is 2.90. The van der Waals surface area contributed by atoms with Gasteiger partial charge in [-0.2, -0.15) is 0 Å². The molecule has 30 heavy (non-hydrogen) atoms. The summed E-state index contributed by atoms with van der Waals surface area (Å²) in [6.45, 7) is 6.42. The van der Waals surface area contributed by atoms with E-state index in [2.05, 4.69) is 65.3 Å². The molecular weight excluding hydrogens is 392 g/mol. The summed E-state index contributed by atoms with van der Waals surface area (Å²) in [5, 5.41) is 0.0389. The lowest BCUT2D eigenvalue weighted by atomic mass is 9.83. The van der Waals surface area contributed by atoms with Gasteiger partial charge in [0.05, 0.1) is 30.8 Å². The van der Waals surface area contributed by atoms with Crippen molar-refractivity contribution in [3.63, 3.8) is 0 Å². The highest BCUT2D eigenvalue weighted by Gasteiger charge is 2.38. The van der Waals surface area contributed by atoms with Gasteiger partial charge >= 0.3 is 0 Å². The maximum absolute atomic E-state index is 13.4. The molecule has 2 heterocycles. The third kappa shape index (κ3) is 3.82. The summed E-state index contributed by atoms with van der Waals surface area (Å²) >= 11 is 1.82. The van der Waals surface area contributed by atoms with Crippen LogP contribution in [0.5, 0.6) is 0 Å². The Balaban J connectivity index is 1.65. The maximum atomic E-state index is 13.4. The number of rotatable bonds is 3. The first-order chi connectivity index (χ1) is 14.7. The van der Waals surface area contributed by atoms with Gasteiger partial charge in [-0.05, 0) is 30.0 Å². The molecule has 2 aromatic rings. The molecule has 0 saturated carbocycles. The van der Waals surface area contributed by atoms with E-state index in [1.165, 1.54) is 21.8 Å². The molecule has 0 bridgehead atoms. The number of carbonyl (C=O) groups is 1. The summed E-state index contributed by atoms with van der Waals surface area (Å²) < 4.78 is 5.57. The number of ketones is 1. The van der Waals surface area contributed by atoms with E-state index >= 15 is 0 Å². The molecule has 3 aliphatic rings. The predicted molar refractivity (Wildman–Crippen MR) is 122 cm³/mol. The standard InChI is InChI=1S/C25H28N2O2S/c1-18-15-21-24(22(28)16-18)25(19-7-3-2-4-8-19)30-23-10-6-5-9-20(23)27(21)17-26-11-13-29-14-12-26/h2-10,18,25H,11-17H2,1H3/t18-,25+/m1/s1. The molecule has 0 aromatic heterocycles. The minimum Gasteiger partial charge on any atom is -0.379 e. The first kappa shape index (κ1) is 19.9. The van der Waals surface area contributed by atoms with E-state index in [-0.39, 0.29) is 5.25 Å². The monoisotopic (exact) mass is 420 g/mol. The second-order valence-corrected chi connectivity index (χ2v) is 9.62. The Morgan fingerprint density at radius 3 is 2.53 bits per heavy atom. The summed E-state index contributed by atoms with van der Waals surface area (Å²) in [6.07, 6.45) is 1.59. The first-order valence-corrected chi connectivity index (χ1v) is 11.7. The van der Waals surface area contributed by atoms with Crippen molar-refractivity contribution in [3.8, 4) is 0 Å². The van der Waals surface area contributed by atoms with E-state index in [1.54, 1.807) is 0 Å². The second kappa shape index (κ2) is 8.58. The van der Waals surface area contributed by atoms with Gasteiger partial charge in [-0.3, -0.25) is 9.69 Å². The number of allylic oxidation sites excluding steroid dienone is 1. The number of nitrogens with zero attached hydrogens (tertiary/aromatic N) is 2. The molecule has 0 amide bonds. The number of fused-ring (bicyclic) bond motifs is 1. The molecule has 1 aliphatic carbocycles. The van der Waals surface area contributed by atoms with Crippen molar-refractivity contribution < 1.29 is 9.53 Å². The topological polar surface area (TPSA) is 32.8 Å². The first-order valence-electron chi connectivity index (χ1n) is 10.8. The van der Waals surface area contributed by atoms with Gasteiger partial charge < -0.3 is 9.64 Å². The molecule has 1 fully saturated rings. The zero-order chi connectivity index (χ0) is 20.5. The summed E-state index contributed by atoms with van der Waals surface area (Å²) in [4.78, 5) is 19.6. The fourth-order valence-corrected chi connectivity index (χ4v) is 6.12. The van der Waals surface area contributed by atoms with Gasteiger partial charge in [-0.1, -0.05) is 49.4 Å². The van der Waals surface area contributed by atoms with E-state index < -0.39 is 0 Å². The van der Waals surface area contributed by atoms with Crippen LogP contribution >= 0.6 is 11.8 Å². The highest BCUT2D eigenvalue weighted by molar-refractivity contribution is 8.00. The number of morpholine rings is 1. The Labute approximate surface area is 182 Å². The van der Waals surface area contributed by atoms with Crippen LogP contribution in [0.25, 0.3) is 0 Å². The van der Waals surface area contributed by atoms with Gasteiger partial charge in [0.15, 0.2) is 5.78 Å². The van der Waals surface area contributed by atoms with Crippen LogP contribution < -0.4 is 4.90 Å². The number of carbonyl (C=O) groups excluding carboxylic acids is 1. The van der Waals surface area contributed by atoms with Crippen LogP contribution in [0.15, 0.2) is 70.8 Å². The summed E-state index contributed by atoms with van der Waals surface area (Å²) in [5.74, 6) is 0.681. The molecule has 2 aliphatic heterocycles. The van der Waals surface area contributed by atoms with E-state index in [9.17, 15) is 4.79 Å². The molecule has 2 aromatic carbocycles. The fraction of sp³-hybridized carbons (Fsp3) is 0.400. The van der Waals surface area contributed by atoms with Crippen molar-refractivity contribution in [1.82, 2.24) is 4.90 Å². The highest BCUT2D eigenvalue weighted by atomic mass is 32.2. The number of para-hydroxylation sites is 1.